The van der Waals surface area contributed by atoms with Crippen molar-refractivity contribution in [3.8, 4) is 5.75 Å². The number of fused-ring (bicyclic) bond motifs is 2. The molecule has 0 radical (unpaired) electrons. The van der Waals surface area contributed by atoms with Crippen LogP contribution in [0.5, 0.6) is 5.75 Å². The van der Waals surface area contributed by atoms with E-state index in [9.17, 15) is 19.5 Å². The minimum absolute atomic E-state index is 0.00124. The first kappa shape index (κ1) is 31.9. The molecule has 3 aromatic rings. The van der Waals surface area contributed by atoms with Gasteiger partial charge in [0.25, 0.3) is 5.91 Å². The summed E-state index contributed by atoms with van der Waals surface area (Å²) in [6.07, 6.45) is 4.09. The zero-order valence-corrected chi connectivity index (χ0v) is 27.2. The number of likely N-dealkylation sites (tertiary alicyclic amines) is 1. The molecule has 0 aromatic heterocycles. The standard InChI is InChI=1S/C37H41N3O5S/c1-5-18-38(27-14-16-29(17-15-27)45-7-3)34(42)31-30-22-24(4)37(46-30)32(31)35(43)40(20-21-41)33(37)36(44)39(19-6-2)28-13-12-25-10-8-9-11-26(25)23-28/h5-6,8-17,23-24,30-33,41H,1-2,7,18-22H2,3-4H3/t24?,30-,31+,32-,33?,37?/m0/s1. The molecule has 3 aliphatic heterocycles. The lowest BCUT2D eigenvalue weighted by Crippen LogP contribution is -2.58. The number of rotatable bonds is 12. The Morgan fingerprint density at radius 2 is 1.65 bits per heavy atom. The lowest BCUT2D eigenvalue weighted by Gasteiger charge is -2.41. The highest BCUT2D eigenvalue weighted by molar-refractivity contribution is 8.02. The van der Waals surface area contributed by atoms with E-state index in [1.807, 2.05) is 73.7 Å². The molecule has 0 aliphatic carbocycles. The maximum Gasteiger partial charge on any atom is 0.251 e. The van der Waals surface area contributed by atoms with Crippen LogP contribution in [0.4, 0.5) is 11.4 Å². The molecule has 8 nitrogen and oxygen atoms in total. The van der Waals surface area contributed by atoms with Gasteiger partial charge in [-0.1, -0.05) is 49.4 Å². The second kappa shape index (κ2) is 13.0. The Morgan fingerprint density at radius 1 is 1.00 bits per heavy atom. The van der Waals surface area contributed by atoms with Crippen LogP contribution in [0.25, 0.3) is 10.8 Å². The molecule has 3 aliphatic rings. The van der Waals surface area contributed by atoms with Crippen molar-refractivity contribution in [2.24, 2.45) is 17.8 Å². The minimum atomic E-state index is -0.843. The summed E-state index contributed by atoms with van der Waals surface area (Å²) in [6, 6.07) is 20.4. The van der Waals surface area contributed by atoms with Crippen molar-refractivity contribution >= 4 is 51.6 Å². The van der Waals surface area contributed by atoms with Gasteiger partial charge in [-0.25, -0.2) is 0 Å². The first-order valence-corrected chi connectivity index (χ1v) is 16.8. The Kier molecular flexibility index (Phi) is 8.99. The van der Waals surface area contributed by atoms with Crippen molar-refractivity contribution in [3.05, 3.63) is 92.0 Å². The number of nitrogens with zero attached hydrogens (tertiary/aromatic N) is 3. The van der Waals surface area contributed by atoms with Crippen molar-refractivity contribution in [2.75, 3.05) is 42.6 Å². The number of carbonyl (C=O) groups excluding carboxylic acids is 3. The smallest absolute Gasteiger partial charge is 0.251 e. The van der Waals surface area contributed by atoms with Gasteiger partial charge in [0.05, 0.1) is 29.8 Å². The number of β-amino-alcohol motifs (C(OH)–C–C–N with tert-alkyl or cyclic N) is 1. The summed E-state index contributed by atoms with van der Waals surface area (Å²) >= 11 is 1.63. The van der Waals surface area contributed by atoms with E-state index in [0.29, 0.717) is 30.2 Å². The summed E-state index contributed by atoms with van der Waals surface area (Å²) in [7, 11) is 0. The third kappa shape index (κ3) is 5.10. The molecule has 0 saturated carbocycles. The number of hydrogen-bond acceptors (Lipinski definition) is 6. The second-order valence-electron chi connectivity index (χ2n) is 12.2. The molecule has 3 fully saturated rings. The van der Waals surface area contributed by atoms with Crippen LogP contribution in [0.3, 0.4) is 0 Å². The summed E-state index contributed by atoms with van der Waals surface area (Å²) < 4.78 is 4.79. The van der Waals surface area contributed by atoms with E-state index < -0.39 is 22.6 Å². The Labute approximate surface area is 274 Å². The molecule has 46 heavy (non-hydrogen) atoms. The van der Waals surface area contributed by atoms with E-state index in [1.54, 1.807) is 38.6 Å². The van der Waals surface area contributed by atoms with Crippen molar-refractivity contribution in [2.45, 2.75) is 36.3 Å². The van der Waals surface area contributed by atoms with Crippen LogP contribution in [-0.4, -0.2) is 76.6 Å². The summed E-state index contributed by atoms with van der Waals surface area (Å²) in [5.74, 6) is -1.22. The van der Waals surface area contributed by atoms with Crippen molar-refractivity contribution in [1.29, 1.82) is 0 Å². The first-order chi connectivity index (χ1) is 22.3. The number of aliphatic hydroxyl groups is 1. The van der Waals surface area contributed by atoms with E-state index in [0.717, 1.165) is 10.8 Å². The molecule has 1 spiro atoms. The third-order valence-electron chi connectivity index (χ3n) is 9.76. The number of ether oxygens (including phenoxy) is 1. The van der Waals surface area contributed by atoms with Gasteiger partial charge in [-0.2, -0.15) is 0 Å². The molecule has 3 saturated heterocycles. The van der Waals surface area contributed by atoms with Crippen LogP contribution in [0, 0.1) is 17.8 Å². The van der Waals surface area contributed by atoms with Crippen LogP contribution >= 0.6 is 11.8 Å². The lowest BCUT2D eigenvalue weighted by molar-refractivity contribution is -0.139. The number of amides is 3. The van der Waals surface area contributed by atoms with Crippen molar-refractivity contribution in [3.63, 3.8) is 0 Å². The Bertz CT molecular complexity index is 1660. The second-order valence-corrected chi connectivity index (χ2v) is 13.8. The summed E-state index contributed by atoms with van der Waals surface area (Å²) in [6.45, 7) is 12.6. The largest absolute Gasteiger partial charge is 0.494 e. The number of carbonyl (C=O) groups is 3. The van der Waals surface area contributed by atoms with Gasteiger partial charge >= 0.3 is 0 Å². The summed E-state index contributed by atoms with van der Waals surface area (Å²) in [4.78, 5) is 48.8. The average molecular weight is 640 g/mol. The van der Waals surface area contributed by atoms with Crippen LogP contribution < -0.4 is 14.5 Å². The van der Waals surface area contributed by atoms with E-state index in [1.165, 1.54) is 0 Å². The first-order valence-electron chi connectivity index (χ1n) is 16.0. The Balaban J connectivity index is 1.39. The predicted octanol–water partition coefficient (Wildman–Crippen LogP) is 5.31. The van der Waals surface area contributed by atoms with Crippen LogP contribution in [-0.2, 0) is 14.4 Å². The normalized spacial score (nSPS) is 26.2. The lowest BCUT2D eigenvalue weighted by atomic mass is 9.65. The fraction of sp³-hybridized carbons (Fsp3) is 0.378. The van der Waals surface area contributed by atoms with Crippen LogP contribution in [0.15, 0.2) is 92.0 Å². The number of benzene rings is 3. The highest BCUT2D eigenvalue weighted by Crippen LogP contribution is 2.69. The number of aliphatic hydroxyl groups excluding tert-OH is 1. The number of thioether (sulfide) groups is 1. The third-order valence-corrected chi connectivity index (χ3v) is 11.8. The van der Waals surface area contributed by atoms with Crippen LogP contribution in [0.1, 0.15) is 20.3 Å². The molecule has 3 aromatic carbocycles. The fourth-order valence-electron chi connectivity index (χ4n) is 7.89. The van der Waals surface area contributed by atoms with Gasteiger partial charge in [0.15, 0.2) is 0 Å². The van der Waals surface area contributed by atoms with Gasteiger partial charge in [-0.3, -0.25) is 14.4 Å². The monoisotopic (exact) mass is 639 g/mol. The molecule has 6 atom stereocenters. The van der Waals surface area contributed by atoms with Gasteiger partial charge in [-0.15, -0.1) is 24.9 Å². The molecule has 6 rings (SSSR count). The molecule has 3 unspecified atom stereocenters. The van der Waals surface area contributed by atoms with Crippen LogP contribution in [0.2, 0.25) is 0 Å². The minimum Gasteiger partial charge on any atom is -0.494 e. The van der Waals surface area contributed by atoms with E-state index in [4.69, 9.17) is 4.74 Å². The van der Waals surface area contributed by atoms with E-state index >= 15 is 0 Å². The molecule has 1 N–H and O–H groups in total. The highest BCUT2D eigenvalue weighted by Gasteiger charge is 2.76. The average Bonchev–Trinajstić information content (AvgIpc) is 3.66. The van der Waals surface area contributed by atoms with Gasteiger partial charge in [0.2, 0.25) is 11.8 Å². The van der Waals surface area contributed by atoms with Gasteiger partial charge in [0.1, 0.15) is 11.8 Å². The molecular formula is C37H41N3O5S. The van der Waals surface area contributed by atoms with Gasteiger partial charge in [-0.05, 0) is 66.4 Å². The molecule has 9 heteroatoms. The van der Waals surface area contributed by atoms with E-state index in [-0.39, 0.29) is 55.1 Å². The zero-order chi connectivity index (χ0) is 32.6. The maximum atomic E-state index is 14.9. The maximum absolute atomic E-state index is 14.9. The number of anilines is 2. The molecule has 3 amide bonds. The van der Waals surface area contributed by atoms with E-state index in [2.05, 4.69) is 20.1 Å². The van der Waals surface area contributed by atoms with Gasteiger partial charge < -0.3 is 24.5 Å². The molecular weight excluding hydrogens is 598 g/mol. The molecule has 240 valence electrons. The van der Waals surface area contributed by atoms with Gasteiger partial charge in [0, 0.05) is 36.3 Å². The fourth-order valence-corrected chi connectivity index (χ4v) is 10.3. The Hall–Kier alpha value is -4.08. The summed E-state index contributed by atoms with van der Waals surface area (Å²) in [5.41, 5.74) is 1.41. The molecule has 3 heterocycles. The predicted molar refractivity (Wildman–Crippen MR) is 184 cm³/mol. The SMILES string of the molecule is C=CCN(C(=O)C1N(CCO)C(=O)[C@@H]2[C@H](C(=O)N(CC=C)c3ccc(OCC)cc3)[C@@H]3CC(C)C12S3)c1ccc2ccccc2c1. The quantitative estimate of drug-likeness (QED) is 0.271. The zero-order valence-electron chi connectivity index (χ0n) is 26.4. The number of hydrogen-bond donors (Lipinski definition) is 1. The highest BCUT2D eigenvalue weighted by atomic mass is 32.2. The van der Waals surface area contributed by atoms with Crippen molar-refractivity contribution in [1.82, 2.24) is 4.90 Å². The van der Waals surface area contributed by atoms with Crippen molar-refractivity contribution < 1.29 is 24.2 Å². The molecule has 2 bridgehead atoms. The summed E-state index contributed by atoms with van der Waals surface area (Å²) in [5, 5.41) is 12.1. The topological polar surface area (TPSA) is 90.4 Å². The Morgan fingerprint density at radius 3 is 2.30 bits per heavy atom.